The van der Waals surface area contributed by atoms with Crippen LogP contribution in [0.15, 0.2) is 12.4 Å². The summed E-state index contributed by atoms with van der Waals surface area (Å²) in [7, 11) is 0. The number of carbonyl (C=O) groups excluding carboxylic acids is 2. The molecule has 1 aromatic rings. The van der Waals surface area contributed by atoms with Crippen LogP contribution in [0.2, 0.25) is 0 Å². The second-order valence-corrected chi connectivity index (χ2v) is 2.78. The highest BCUT2D eigenvalue weighted by molar-refractivity contribution is 5.95. The summed E-state index contributed by atoms with van der Waals surface area (Å²) in [5.74, 6) is -0.527. The Hall–Kier alpha value is -2.05. The van der Waals surface area contributed by atoms with E-state index in [9.17, 15) is 9.59 Å². The minimum atomic E-state index is -0.887. The molecule has 1 unspecified atom stereocenters. The molecule has 1 atom stereocenters. The van der Waals surface area contributed by atoms with Gasteiger partial charge in [-0.25, -0.2) is 4.79 Å². The molecule has 0 fully saturated rings. The number of primary amides is 1. The van der Waals surface area contributed by atoms with Gasteiger partial charge in [-0.15, -0.1) is 0 Å². The van der Waals surface area contributed by atoms with Crippen LogP contribution in [0.5, 0.6) is 0 Å². The number of hydrogen-bond donors (Lipinski definition) is 3. The minimum absolute atomic E-state index is 0.448. The number of carbonyl (C=O) groups is 2. The van der Waals surface area contributed by atoms with Crippen molar-refractivity contribution in [2.24, 2.45) is 5.73 Å². The van der Waals surface area contributed by atoms with Gasteiger partial charge < -0.3 is 11.5 Å². The van der Waals surface area contributed by atoms with Gasteiger partial charge in [0.2, 0.25) is 0 Å². The van der Waals surface area contributed by atoms with Crippen LogP contribution in [-0.4, -0.2) is 21.7 Å². The maximum atomic E-state index is 11.2. The van der Waals surface area contributed by atoms with Crippen LogP contribution >= 0.6 is 0 Å². The van der Waals surface area contributed by atoms with Crippen molar-refractivity contribution in [2.75, 3.05) is 5.73 Å². The number of aromatic nitrogens is 2. The summed E-state index contributed by atoms with van der Waals surface area (Å²) in [5.41, 5.74) is 10.6. The van der Waals surface area contributed by atoms with Gasteiger partial charge in [0.15, 0.2) is 0 Å². The van der Waals surface area contributed by atoms with E-state index < -0.39 is 18.0 Å². The third kappa shape index (κ3) is 2.22. The van der Waals surface area contributed by atoms with Gasteiger partial charge in [0.25, 0.3) is 5.91 Å². The molecule has 1 rings (SSSR count). The molecule has 0 saturated heterocycles. The summed E-state index contributed by atoms with van der Waals surface area (Å²) < 4.78 is 1.34. The number of rotatable bonds is 2. The first-order valence-electron chi connectivity index (χ1n) is 3.90. The lowest BCUT2D eigenvalue weighted by molar-refractivity contribution is -0.122. The Bertz CT molecular complexity index is 359. The van der Waals surface area contributed by atoms with Gasteiger partial charge in [0.05, 0.1) is 11.9 Å². The molecule has 0 radical (unpaired) electrons. The lowest BCUT2D eigenvalue weighted by Gasteiger charge is -2.09. The highest BCUT2D eigenvalue weighted by atomic mass is 16.2. The summed E-state index contributed by atoms with van der Waals surface area (Å²) in [6, 6.07) is -1.51. The second-order valence-electron chi connectivity index (χ2n) is 2.78. The Morgan fingerprint density at radius 3 is 2.71 bits per heavy atom. The van der Waals surface area contributed by atoms with Crippen LogP contribution in [-0.2, 0) is 4.79 Å². The van der Waals surface area contributed by atoms with E-state index in [1.807, 2.05) is 5.32 Å². The zero-order valence-electron chi connectivity index (χ0n) is 7.60. The van der Waals surface area contributed by atoms with E-state index in [2.05, 4.69) is 5.10 Å². The van der Waals surface area contributed by atoms with Gasteiger partial charge in [-0.05, 0) is 6.92 Å². The van der Waals surface area contributed by atoms with E-state index in [4.69, 9.17) is 11.5 Å². The van der Waals surface area contributed by atoms with Crippen LogP contribution in [0.4, 0.5) is 10.5 Å². The molecule has 14 heavy (non-hydrogen) atoms. The maximum absolute atomic E-state index is 11.2. The monoisotopic (exact) mass is 197 g/mol. The average molecular weight is 197 g/mol. The van der Waals surface area contributed by atoms with Crippen LogP contribution < -0.4 is 16.8 Å². The zero-order chi connectivity index (χ0) is 10.7. The quantitative estimate of drug-likeness (QED) is 0.576. The first-order valence-corrected chi connectivity index (χ1v) is 3.90. The van der Waals surface area contributed by atoms with Crippen molar-refractivity contribution in [1.82, 2.24) is 15.1 Å². The lowest BCUT2D eigenvalue weighted by Crippen LogP contribution is -2.39. The standard InChI is InChI=1S/C7H11N5O2/c1-4(6(13)11-7(9)14)12-3-5(8)2-10-12/h2-4H,8H2,1H3,(H3,9,11,13,14). The van der Waals surface area contributed by atoms with Crippen molar-refractivity contribution in [2.45, 2.75) is 13.0 Å². The predicted octanol–water partition coefficient (Wildman–Crippen LogP) is -0.779. The van der Waals surface area contributed by atoms with Gasteiger partial charge in [-0.1, -0.05) is 0 Å². The third-order valence-corrected chi connectivity index (χ3v) is 1.64. The number of amides is 3. The van der Waals surface area contributed by atoms with E-state index in [1.165, 1.54) is 17.1 Å². The number of urea groups is 1. The first-order chi connectivity index (χ1) is 6.50. The molecule has 0 spiro atoms. The van der Waals surface area contributed by atoms with Crippen molar-refractivity contribution < 1.29 is 9.59 Å². The number of nitrogen functional groups attached to an aromatic ring is 1. The van der Waals surface area contributed by atoms with Crippen molar-refractivity contribution in [1.29, 1.82) is 0 Å². The smallest absolute Gasteiger partial charge is 0.318 e. The first kappa shape index (κ1) is 10.0. The summed E-state index contributed by atoms with van der Waals surface area (Å²) in [4.78, 5) is 21.6. The Morgan fingerprint density at radius 1 is 1.64 bits per heavy atom. The summed E-state index contributed by atoms with van der Waals surface area (Å²) in [5, 5.41) is 5.77. The Morgan fingerprint density at radius 2 is 2.29 bits per heavy atom. The molecule has 0 aliphatic heterocycles. The van der Waals surface area contributed by atoms with E-state index in [0.717, 1.165) is 0 Å². The molecule has 0 aliphatic rings. The van der Waals surface area contributed by atoms with Gasteiger partial charge in [-0.3, -0.25) is 14.8 Å². The largest absolute Gasteiger partial charge is 0.396 e. The third-order valence-electron chi connectivity index (χ3n) is 1.64. The van der Waals surface area contributed by atoms with E-state index in [-0.39, 0.29) is 0 Å². The van der Waals surface area contributed by atoms with Gasteiger partial charge in [-0.2, -0.15) is 5.10 Å². The average Bonchev–Trinajstić information content (AvgIpc) is 2.49. The number of anilines is 1. The molecule has 0 aromatic carbocycles. The maximum Gasteiger partial charge on any atom is 0.318 e. The van der Waals surface area contributed by atoms with Crippen molar-refractivity contribution in [3.63, 3.8) is 0 Å². The molecule has 0 saturated carbocycles. The van der Waals surface area contributed by atoms with E-state index >= 15 is 0 Å². The lowest BCUT2D eigenvalue weighted by atomic mass is 10.3. The second kappa shape index (κ2) is 3.77. The normalized spacial score (nSPS) is 12.1. The molecular formula is C7H11N5O2. The van der Waals surface area contributed by atoms with Crippen LogP contribution in [0.1, 0.15) is 13.0 Å². The highest BCUT2D eigenvalue weighted by Gasteiger charge is 2.16. The molecule has 1 heterocycles. The van der Waals surface area contributed by atoms with Gasteiger partial charge in [0, 0.05) is 6.20 Å². The van der Waals surface area contributed by atoms with E-state index in [0.29, 0.717) is 5.69 Å². The molecule has 7 heteroatoms. The zero-order valence-corrected chi connectivity index (χ0v) is 7.60. The summed E-state index contributed by atoms with van der Waals surface area (Å²) in [6.45, 7) is 1.57. The minimum Gasteiger partial charge on any atom is -0.396 e. The highest BCUT2D eigenvalue weighted by Crippen LogP contribution is 2.07. The topological polar surface area (TPSA) is 116 Å². The Balaban J connectivity index is 2.70. The van der Waals surface area contributed by atoms with Crippen LogP contribution in [0.3, 0.4) is 0 Å². The number of nitrogens with two attached hydrogens (primary N) is 2. The SMILES string of the molecule is CC(C(=O)NC(N)=O)n1cc(N)cn1. The fraction of sp³-hybridized carbons (Fsp3) is 0.286. The van der Waals surface area contributed by atoms with Crippen LogP contribution in [0.25, 0.3) is 0 Å². The molecule has 3 amide bonds. The molecule has 7 nitrogen and oxygen atoms in total. The molecule has 76 valence electrons. The van der Waals surface area contributed by atoms with Crippen LogP contribution in [0, 0.1) is 0 Å². The van der Waals surface area contributed by atoms with Crippen molar-refractivity contribution in [3.8, 4) is 0 Å². The predicted molar refractivity (Wildman–Crippen MR) is 49.1 cm³/mol. The van der Waals surface area contributed by atoms with Gasteiger partial charge in [0.1, 0.15) is 6.04 Å². The summed E-state index contributed by atoms with van der Waals surface area (Å²) >= 11 is 0. The molecule has 5 N–H and O–H groups in total. The fourth-order valence-electron chi connectivity index (χ4n) is 0.911. The molecule has 0 aliphatic carbocycles. The molecule has 1 aromatic heterocycles. The van der Waals surface area contributed by atoms with Gasteiger partial charge >= 0.3 is 6.03 Å². The number of hydrogen-bond acceptors (Lipinski definition) is 4. The Kier molecular flexibility index (Phi) is 2.70. The number of nitrogens with one attached hydrogen (secondary N) is 1. The van der Waals surface area contributed by atoms with Crippen molar-refractivity contribution in [3.05, 3.63) is 12.4 Å². The molecule has 0 bridgehead atoms. The Labute approximate surface area is 80.1 Å². The molecular weight excluding hydrogens is 186 g/mol. The number of nitrogens with zero attached hydrogens (tertiary/aromatic N) is 2. The van der Waals surface area contributed by atoms with E-state index in [1.54, 1.807) is 6.92 Å². The van der Waals surface area contributed by atoms with Crippen molar-refractivity contribution >= 4 is 17.6 Å². The number of imide groups is 1. The summed E-state index contributed by atoms with van der Waals surface area (Å²) in [6.07, 6.45) is 2.90. The fourth-order valence-corrected chi connectivity index (χ4v) is 0.911.